The highest BCUT2D eigenvalue weighted by Crippen LogP contribution is 2.40. The number of rotatable bonds is 6. The molecule has 13 heteroatoms. The summed E-state index contributed by atoms with van der Waals surface area (Å²) >= 11 is 0. The van der Waals surface area contributed by atoms with E-state index >= 15 is 0 Å². The van der Waals surface area contributed by atoms with Gasteiger partial charge in [-0.2, -0.15) is 18.3 Å². The molecule has 1 aliphatic carbocycles. The Morgan fingerprint density at radius 3 is 2.64 bits per heavy atom. The minimum atomic E-state index is -4.57. The van der Waals surface area contributed by atoms with Gasteiger partial charge in [0.1, 0.15) is 6.04 Å². The van der Waals surface area contributed by atoms with Crippen LogP contribution in [0.25, 0.3) is 5.65 Å². The number of urea groups is 1. The van der Waals surface area contributed by atoms with Gasteiger partial charge in [0.2, 0.25) is 5.92 Å². The first kappa shape index (κ1) is 23.6. The number of methoxy groups -OCH3 is 1. The maximum absolute atomic E-state index is 13.5. The molecule has 0 spiro atoms. The standard InChI is InChI=1S/C20H25F5N6O2/c1-33-10-14(30-9-15(20(23,24)25)29-18(30)32)12-6-16-28-13(8-31(16)27-7-12)17(26)11-2-4-19(21,22)5-3-11/h6-8,11,14-15,17H,2-5,9-10,26H2,1H3,(H,29,32)/t14-,15+,17+/m1/s1. The molecule has 0 bridgehead atoms. The van der Waals surface area contributed by atoms with Crippen LogP contribution in [0.3, 0.4) is 0 Å². The second kappa shape index (κ2) is 8.67. The van der Waals surface area contributed by atoms with Crippen LogP contribution in [-0.4, -0.2) is 63.9 Å². The molecule has 182 valence electrons. The van der Waals surface area contributed by atoms with Crippen LogP contribution in [0.4, 0.5) is 26.7 Å². The molecule has 33 heavy (non-hydrogen) atoms. The molecule has 0 unspecified atom stereocenters. The van der Waals surface area contributed by atoms with Gasteiger partial charge in [-0.15, -0.1) is 0 Å². The second-order valence-electron chi connectivity index (χ2n) is 8.64. The Bertz CT molecular complexity index is 1000. The first-order valence-electron chi connectivity index (χ1n) is 10.6. The number of nitrogens with one attached hydrogen (secondary N) is 1. The first-order chi connectivity index (χ1) is 15.5. The van der Waals surface area contributed by atoms with Crippen molar-refractivity contribution < 1.29 is 31.5 Å². The molecular formula is C20H25F5N6O2. The second-order valence-corrected chi connectivity index (χ2v) is 8.64. The van der Waals surface area contributed by atoms with Crippen LogP contribution in [0.1, 0.15) is 49.0 Å². The van der Waals surface area contributed by atoms with Crippen molar-refractivity contribution in [1.29, 1.82) is 0 Å². The lowest BCUT2D eigenvalue weighted by atomic mass is 9.81. The molecule has 1 saturated heterocycles. The SMILES string of the molecule is COC[C@H](c1cnn2cc([C@@H](N)C3CCC(F)(F)CC3)nc2c1)N1C[C@@H](C(F)(F)F)NC1=O. The van der Waals surface area contributed by atoms with E-state index < -0.39 is 42.8 Å². The van der Waals surface area contributed by atoms with Crippen LogP contribution >= 0.6 is 0 Å². The Morgan fingerprint density at radius 1 is 1.33 bits per heavy atom. The van der Waals surface area contributed by atoms with Crippen molar-refractivity contribution in [3.05, 3.63) is 29.7 Å². The number of hydrogen-bond donors (Lipinski definition) is 2. The number of alkyl halides is 5. The number of carbonyl (C=O) groups excluding carboxylic acids is 1. The zero-order chi connectivity index (χ0) is 24.0. The van der Waals surface area contributed by atoms with Crippen molar-refractivity contribution in [2.24, 2.45) is 11.7 Å². The molecule has 1 aliphatic heterocycles. The number of imidazole rings is 1. The molecule has 1 saturated carbocycles. The van der Waals surface area contributed by atoms with Gasteiger partial charge < -0.3 is 20.7 Å². The number of hydrogen-bond acceptors (Lipinski definition) is 5. The average molecular weight is 476 g/mol. The van der Waals surface area contributed by atoms with Gasteiger partial charge in [0.25, 0.3) is 0 Å². The lowest BCUT2D eigenvalue weighted by Crippen LogP contribution is -2.40. The van der Waals surface area contributed by atoms with Gasteiger partial charge in [0.05, 0.1) is 43.3 Å². The number of nitrogens with two attached hydrogens (primary N) is 1. The van der Waals surface area contributed by atoms with Crippen LogP contribution in [-0.2, 0) is 4.74 Å². The number of aromatic nitrogens is 3. The lowest BCUT2D eigenvalue weighted by Gasteiger charge is -2.31. The van der Waals surface area contributed by atoms with Crippen molar-refractivity contribution in [3.63, 3.8) is 0 Å². The molecule has 0 aromatic carbocycles. The van der Waals surface area contributed by atoms with Crippen LogP contribution in [0, 0.1) is 5.92 Å². The Labute approximate surface area is 186 Å². The summed E-state index contributed by atoms with van der Waals surface area (Å²) in [6, 6.07) is -2.57. The van der Waals surface area contributed by atoms with Gasteiger partial charge in [-0.1, -0.05) is 0 Å². The lowest BCUT2D eigenvalue weighted by molar-refractivity contribution is -0.150. The van der Waals surface area contributed by atoms with Gasteiger partial charge in [0.15, 0.2) is 5.65 Å². The van der Waals surface area contributed by atoms with E-state index in [2.05, 4.69) is 10.1 Å². The molecule has 3 heterocycles. The van der Waals surface area contributed by atoms with Crippen molar-refractivity contribution >= 4 is 11.7 Å². The third-order valence-electron chi connectivity index (χ3n) is 6.39. The van der Waals surface area contributed by atoms with Crippen molar-refractivity contribution in [1.82, 2.24) is 24.8 Å². The van der Waals surface area contributed by atoms with Gasteiger partial charge >= 0.3 is 12.2 Å². The van der Waals surface area contributed by atoms with E-state index in [4.69, 9.17) is 10.5 Å². The molecule has 0 radical (unpaired) electrons. The minimum Gasteiger partial charge on any atom is -0.382 e. The van der Waals surface area contributed by atoms with E-state index in [1.807, 2.05) is 5.32 Å². The number of amides is 2. The number of fused-ring (bicyclic) bond motifs is 1. The molecule has 3 atom stereocenters. The summed E-state index contributed by atoms with van der Waals surface area (Å²) < 4.78 is 72.8. The Hall–Kier alpha value is -2.54. The maximum atomic E-state index is 13.5. The number of carbonyl (C=O) groups is 1. The normalized spacial score (nSPS) is 23.7. The van der Waals surface area contributed by atoms with Crippen molar-refractivity contribution in [3.8, 4) is 0 Å². The van der Waals surface area contributed by atoms with E-state index in [1.54, 1.807) is 12.3 Å². The molecule has 2 amide bonds. The third-order valence-corrected chi connectivity index (χ3v) is 6.39. The number of ether oxygens (including phenoxy) is 1. The van der Waals surface area contributed by atoms with Crippen molar-refractivity contribution in [2.75, 3.05) is 20.3 Å². The van der Waals surface area contributed by atoms with Gasteiger partial charge in [-0.3, -0.25) is 0 Å². The molecule has 2 fully saturated rings. The van der Waals surface area contributed by atoms with Gasteiger partial charge in [-0.05, 0) is 24.8 Å². The fourth-order valence-electron chi connectivity index (χ4n) is 4.45. The molecular weight excluding hydrogens is 451 g/mol. The summed E-state index contributed by atoms with van der Waals surface area (Å²) in [6.45, 7) is -0.600. The van der Waals surface area contributed by atoms with Crippen LogP contribution < -0.4 is 11.1 Å². The summed E-state index contributed by atoms with van der Waals surface area (Å²) in [6.07, 6.45) is -1.36. The minimum absolute atomic E-state index is 0.0424. The summed E-state index contributed by atoms with van der Waals surface area (Å²) in [5.74, 6) is -2.79. The third kappa shape index (κ3) is 4.88. The molecule has 4 rings (SSSR count). The van der Waals surface area contributed by atoms with Crippen LogP contribution in [0.15, 0.2) is 18.5 Å². The summed E-state index contributed by atoms with van der Waals surface area (Å²) in [5.41, 5.74) is 7.63. The maximum Gasteiger partial charge on any atom is 0.410 e. The Morgan fingerprint density at radius 2 is 2.03 bits per heavy atom. The fourth-order valence-corrected chi connectivity index (χ4v) is 4.45. The van der Waals surface area contributed by atoms with Gasteiger partial charge in [-0.25, -0.2) is 23.1 Å². The highest BCUT2D eigenvalue weighted by atomic mass is 19.4. The highest BCUT2D eigenvalue weighted by molar-refractivity contribution is 5.77. The van der Waals surface area contributed by atoms with E-state index in [0.717, 1.165) is 4.90 Å². The largest absolute Gasteiger partial charge is 0.410 e. The fraction of sp³-hybridized carbons (Fsp3) is 0.650. The van der Waals surface area contributed by atoms with E-state index in [9.17, 15) is 26.7 Å². The summed E-state index contributed by atoms with van der Waals surface area (Å²) in [4.78, 5) is 17.8. The monoisotopic (exact) mass is 476 g/mol. The van der Waals surface area contributed by atoms with Gasteiger partial charge in [0, 0.05) is 25.5 Å². The topological polar surface area (TPSA) is 97.8 Å². The molecule has 8 nitrogen and oxygen atoms in total. The zero-order valence-electron chi connectivity index (χ0n) is 17.9. The molecule has 2 aliphatic rings. The molecule has 2 aromatic heterocycles. The first-order valence-corrected chi connectivity index (χ1v) is 10.6. The molecule has 2 aromatic rings. The smallest absolute Gasteiger partial charge is 0.382 e. The van der Waals surface area contributed by atoms with E-state index in [0.29, 0.717) is 29.7 Å². The van der Waals surface area contributed by atoms with Crippen molar-refractivity contribution in [2.45, 2.75) is 55.9 Å². The number of halogens is 5. The Kier molecular flexibility index (Phi) is 6.20. The quantitative estimate of drug-likeness (QED) is 0.624. The van der Waals surface area contributed by atoms with Crippen LogP contribution in [0.2, 0.25) is 0 Å². The summed E-state index contributed by atoms with van der Waals surface area (Å²) in [7, 11) is 1.38. The average Bonchev–Trinajstić information content (AvgIpc) is 3.34. The Balaban J connectivity index is 1.56. The zero-order valence-corrected chi connectivity index (χ0v) is 17.9. The predicted molar refractivity (Wildman–Crippen MR) is 107 cm³/mol. The van der Waals surface area contributed by atoms with Crippen LogP contribution in [0.5, 0.6) is 0 Å². The predicted octanol–water partition coefficient (Wildman–Crippen LogP) is 3.20. The van der Waals surface area contributed by atoms with E-state index in [1.165, 1.54) is 17.8 Å². The number of nitrogens with zero attached hydrogens (tertiary/aromatic N) is 4. The molecule has 3 N–H and O–H groups in total. The summed E-state index contributed by atoms with van der Waals surface area (Å²) in [5, 5.41) is 6.21. The van der Waals surface area contributed by atoms with E-state index in [-0.39, 0.29) is 25.4 Å². The highest BCUT2D eigenvalue weighted by Gasteiger charge is 2.48.